The Labute approximate surface area is 196 Å². The third-order valence-corrected chi connectivity index (χ3v) is 6.83. The number of aromatic amines is 1. The largest absolute Gasteiger partial charge is 0.347 e. The number of likely N-dealkylation sites (tertiary alicyclic amines) is 1. The van der Waals surface area contributed by atoms with Crippen LogP contribution in [0.25, 0.3) is 22.5 Å². The van der Waals surface area contributed by atoms with Gasteiger partial charge >= 0.3 is 5.69 Å². The van der Waals surface area contributed by atoms with E-state index in [9.17, 15) is 9.59 Å². The van der Waals surface area contributed by atoms with Crippen molar-refractivity contribution in [3.8, 4) is 22.5 Å². The molecule has 2 aliphatic rings. The van der Waals surface area contributed by atoms with E-state index in [1.807, 2.05) is 58.2 Å². The van der Waals surface area contributed by atoms with Gasteiger partial charge in [-0.05, 0) is 66.6 Å². The topological polar surface area (TPSA) is 88.8 Å². The van der Waals surface area contributed by atoms with Crippen molar-refractivity contribution in [1.82, 2.24) is 29.4 Å². The van der Waals surface area contributed by atoms with Crippen LogP contribution < -0.4 is 5.69 Å². The van der Waals surface area contributed by atoms with Crippen LogP contribution in [0, 0.1) is 11.8 Å². The minimum absolute atomic E-state index is 0.241. The Bertz CT molecular complexity index is 1350. The maximum Gasteiger partial charge on any atom is 0.347 e. The first-order valence-electron chi connectivity index (χ1n) is 11.8. The summed E-state index contributed by atoms with van der Waals surface area (Å²) >= 11 is 0. The van der Waals surface area contributed by atoms with Crippen LogP contribution in [0.2, 0.25) is 0 Å². The molecule has 1 aliphatic carbocycles. The summed E-state index contributed by atoms with van der Waals surface area (Å²) in [6.45, 7) is 1.56. The molecule has 8 heteroatoms. The van der Waals surface area contributed by atoms with E-state index < -0.39 is 0 Å². The van der Waals surface area contributed by atoms with Crippen LogP contribution in [-0.2, 0) is 11.2 Å². The summed E-state index contributed by atoms with van der Waals surface area (Å²) in [5.74, 6) is 1.59. The van der Waals surface area contributed by atoms with Crippen molar-refractivity contribution in [1.29, 1.82) is 0 Å². The monoisotopic (exact) mass is 454 g/mol. The van der Waals surface area contributed by atoms with Gasteiger partial charge in [-0.15, -0.1) is 0 Å². The first-order chi connectivity index (χ1) is 16.7. The molecule has 1 atom stereocenters. The van der Waals surface area contributed by atoms with E-state index in [-0.39, 0.29) is 11.6 Å². The fourth-order valence-corrected chi connectivity index (χ4v) is 4.81. The summed E-state index contributed by atoms with van der Waals surface area (Å²) in [7, 11) is 0. The Morgan fingerprint density at radius 1 is 0.971 bits per heavy atom. The van der Waals surface area contributed by atoms with E-state index in [1.165, 1.54) is 0 Å². The molecule has 0 spiro atoms. The normalized spacial score (nSPS) is 17.9. The highest BCUT2D eigenvalue weighted by molar-refractivity contribution is 5.81. The van der Waals surface area contributed by atoms with Crippen molar-refractivity contribution in [2.24, 2.45) is 11.8 Å². The van der Waals surface area contributed by atoms with Crippen molar-refractivity contribution < 1.29 is 4.79 Å². The smallest absolute Gasteiger partial charge is 0.342 e. The number of hydrogen-bond donors (Lipinski definition) is 1. The standard InChI is InChI=1S/C26H26N6O2/c33-25(21-2-3-21)30-15-12-18(17-30)16-24-28-29-26(34)32(24)23-10-6-20(7-11-23)19-4-8-22(9-5-19)31-14-1-13-27-31/h1,4-11,13-14,18,21H,2-3,12,15-17H2,(H,29,34). The predicted octanol–water partition coefficient (Wildman–Crippen LogP) is 3.21. The van der Waals surface area contributed by atoms with Crippen LogP contribution in [0.15, 0.2) is 71.8 Å². The lowest BCUT2D eigenvalue weighted by atomic mass is 10.0. The number of amides is 1. The van der Waals surface area contributed by atoms with Crippen molar-refractivity contribution in [2.75, 3.05) is 13.1 Å². The molecule has 1 N–H and O–H groups in total. The molecular weight excluding hydrogens is 428 g/mol. The molecule has 4 aromatic rings. The number of benzene rings is 2. The Balaban J connectivity index is 1.18. The second-order valence-electron chi connectivity index (χ2n) is 9.24. The molecule has 2 fully saturated rings. The van der Waals surface area contributed by atoms with Gasteiger partial charge in [-0.3, -0.25) is 4.79 Å². The van der Waals surface area contributed by atoms with Crippen LogP contribution in [0.3, 0.4) is 0 Å². The van der Waals surface area contributed by atoms with Crippen molar-refractivity contribution >= 4 is 5.91 Å². The van der Waals surface area contributed by atoms with Gasteiger partial charge in [0.05, 0.1) is 11.4 Å². The molecule has 2 aromatic heterocycles. The molecule has 8 nitrogen and oxygen atoms in total. The highest BCUT2D eigenvalue weighted by Gasteiger charge is 2.36. The Morgan fingerprint density at radius 3 is 2.32 bits per heavy atom. The van der Waals surface area contributed by atoms with Crippen LogP contribution in [0.5, 0.6) is 0 Å². The zero-order valence-electron chi connectivity index (χ0n) is 18.8. The van der Waals surface area contributed by atoms with Crippen LogP contribution >= 0.6 is 0 Å². The summed E-state index contributed by atoms with van der Waals surface area (Å²) in [4.78, 5) is 26.9. The average molecular weight is 455 g/mol. The summed E-state index contributed by atoms with van der Waals surface area (Å²) in [6.07, 6.45) is 7.36. The molecular formula is C26H26N6O2. The lowest BCUT2D eigenvalue weighted by Crippen LogP contribution is -2.30. The molecule has 3 heterocycles. The minimum Gasteiger partial charge on any atom is -0.342 e. The van der Waals surface area contributed by atoms with E-state index in [0.717, 1.165) is 54.9 Å². The van der Waals surface area contributed by atoms with Gasteiger partial charge in [0.2, 0.25) is 5.91 Å². The van der Waals surface area contributed by atoms with Gasteiger partial charge < -0.3 is 4.90 Å². The van der Waals surface area contributed by atoms with Gasteiger partial charge in [0.1, 0.15) is 5.82 Å². The van der Waals surface area contributed by atoms with Gasteiger partial charge in [-0.2, -0.15) is 10.2 Å². The third kappa shape index (κ3) is 3.96. The van der Waals surface area contributed by atoms with Crippen molar-refractivity contribution in [3.05, 3.63) is 83.3 Å². The van der Waals surface area contributed by atoms with Gasteiger partial charge in [0.15, 0.2) is 0 Å². The molecule has 1 saturated carbocycles. The zero-order valence-corrected chi connectivity index (χ0v) is 18.8. The highest BCUT2D eigenvalue weighted by Crippen LogP contribution is 2.33. The number of nitrogens with zero attached hydrogens (tertiary/aromatic N) is 5. The second kappa shape index (κ2) is 8.44. The first kappa shape index (κ1) is 20.7. The van der Waals surface area contributed by atoms with E-state index in [1.54, 1.807) is 10.8 Å². The predicted molar refractivity (Wildman–Crippen MR) is 128 cm³/mol. The van der Waals surface area contributed by atoms with Gasteiger partial charge in [0.25, 0.3) is 0 Å². The lowest BCUT2D eigenvalue weighted by molar-refractivity contribution is -0.131. The van der Waals surface area contributed by atoms with E-state index in [0.29, 0.717) is 24.1 Å². The maximum atomic E-state index is 12.6. The van der Waals surface area contributed by atoms with E-state index in [4.69, 9.17) is 0 Å². The molecule has 0 bridgehead atoms. The Hall–Kier alpha value is -3.94. The molecule has 6 rings (SSSR count). The van der Waals surface area contributed by atoms with Crippen LogP contribution in [0.1, 0.15) is 25.1 Å². The molecule has 1 unspecified atom stereocenters. The van der Waals surface area contributed by atoms with Gasteiger partial charge in [0, 0.05) is 37.8 Å². The molecule has 1 amide bonds. The molecule has 2 aromatic carbocycles. The minimum atomic E-state index is -0.241. The summed E-state index contributed by atoms with van der Waals surface area (Å²) in [5, 5.41) is 11.2. The fraction of sp³-hybridized carbons (Fsp3) is 0.308. The second-order valence-corrected chi connectivity index (χ2v) is 9.24. The molecule has 1 aliphatic heterocycles. The number of hydrogen-bond acceptors (Lipinski definition) is 4. The first-order valence-corrected chi connectivity index (χ1v) is 11.8. The molecule has 172 valence electrons. The van der Waals surface area contributed by atoms with Crippen molar-refractivity contribution in [3.63, 3.8) is 0 Å². The summed E-state index contributed by atoms with van der Waals surface area (Å²) in [5.41, 5.74) is 3.71. The SMILES string of the molecule is O=C(C1CC1)N1CCC(Cc2n[nH]c(=O)n2-c2ccc(-c3ccc(-n4cccn4)cc3)cc2)C1. The Morgan fingerprint density at radius 2 is 1.68 bits per heavy atom. The average Bonchev–Trinajstić information content (AvgIpc) is 3.22. The molecule has 1 saturated heterocycles. The number of nitrogens with one attached hydrogen (secondary N) is 1. The number of rotatable bonds is 6. The number of carbonyl (C=O) groups excluding carboxylic acids is 1. The van der Waals surface area contributed by atoms with Gasteiger partial charge in [-0.1, -0.05) is 24.3 Å². The summed E-state index contributed by atoms with van der Waals surface area (Å²) < 4.78 is 3.47. The molecule has 0 radical (unpaired) electrons. The highest BCUT2D eigenvalue weighted by atomic mass is 16.2. The zero-order chi connectivity index (χ0) is 23.1. The van der Waals surface area contributed by atoms with Crippen LogP contribution in [0.4, 0.5) is 0 Å². The number of carbonyl (C=O) groups is 1. The number of H-pyrrole nitrogens is 1. The number of aromatic nitrogens is 5. The van der Waals surface area contributed by atoms with Crippen molar-refractivity contribution in [2.45, 2.75) is 25.7 Å². The van der Waals surface area contributed by atoms with E-state index in [2.05, 4.69) is 27.4 Å². The van der Waals surface area contributed by atoms with E-state index >= 15 is 0 Å². The molecule has 34 heavy (non-hydrogen) atoms. The quantitative estimate of drug-likeness (QED) is 0.485. The maximum absolute atomic E-state index is 12.6. The fourth-order valence-electron chi connectivity index (χ4n) is 4.81. The lowest BCUT2D eigenvalue weighted by Gasteiger charge is -2.16. The summed E-state index contributed by atoms with van der Waals surface area (Å²) in [6, 6.07) is 18.0. The van der Waals surface area contributed by atoms with Gasteiger partial charge in [-0.25, -0.2) is 19.1 Å². The third-order valence-electron chi connectivity index (χ3n) is 6.83. The van der Waals surface area contributed by atoms with Crippen LogP contribution in [-0.4, -0.2) is 48.4 Å². The Kier molecular flexibility index (Phi) is 5.13.